The number of esters is 1. The SMILES string of the molecule is Cc1ccc(C(=O)OCC(=O)Nc2ccccc2I)c(O)c1. The molecule has 0 saturated heterocycles. The van der Waals surface area contributed by atoms with Crippen LogP contribution in [0, 0.1) is 10.5 Å². The van der Waals surface area contributed by atoms with Crippen LogP contribution < -0.4 is 5.32 Å². The number of amides is 1. The van der Waals surface area contributed by atoms with Crippen LogP contribution in [0.5, 0.6) is 5.75 Å². The van der Waals surface area contributed by atoms with E-state index in [4.69, 9.17) is 4.74 Å². The van der Waals surface area contributed by atoms with E-state index in [1.165, 1.54) is 12.1 Å². The molecule has 0 fully saturated rings. The number of carbonyl (C=O) groups is 2. The van der Waals surface area contributed by atoms with Crippen molar-refractivity contribution in [2.45, 2.75) is 6.92 Å². The number of halogens is 1. The molecule has 2 aromatic rings. The Morgan fingerprint density at radius 3 is 2.64 bits per heavy atom. The maximum absolute atomic E-state index is 11.8. The number of hydrogen-bond acceptors (Lipinski definition) is 4. The molecular weight excluding hydrogens is 397 g/mol. The molecule has 0 aliphatic heterocycles. The average Bonchev–Trinajstić information content (AvgIpc) is 2.47. The first kappa shape index (κ1) is 16.3. The third-order valence-electron chi connectivity index (χ3n) is 2.86. The Kier molecular flexibility index (Phi) is 5.37. The molecule has 0 aromatic heterocycles. The van der Waals surface area contributed by atoms with E-state index >= 15 is 0 Å². The van der Waals surface area contributed by atoms with Gasteiger partial charge in [-0.25, -0.2) is 4.79 Å². The Hall–Kier alpha value is -2.09. The van der Waals surface area contributed by atoms with Crippen LogP contribution in [0.15, 0.2) is 42.5 Å². The van der Waals surface area contributed by atoms with Gasteiger partial charge in [-0.1, -0.05) is 18.2 Å². The molecule has 0 unspecified atom stereocenters. The first-order valence-electron chi connectivity index (χ1n) is 6.48. The highest BCUT2D eigenvalue weighted by Crippen LogP contribution is 2.19. The Labute approximate surface area is 141 Å². The monoisotopic (exact) mass is 411 g/mol. The van der Waals surface area contributed by atoms with Crippen molar-refractivity contribution in [1.29, 1.82) is 0 Å². The largest absolute Gasteiger partial charge is 0.507 e. The molecule has 22 heavy (non-hydrogen) atoms. The maximum atomic E-state index is 11.8. The molecule has 0 atom stereocenters. The van der Waals surface area contributed by atoms with Gasteiger partial charge >= 0.3 is 5.97 Å². The number of hydrogen-bond donors (Lipinski definition) is 2. The summed E-state index contributed by atoms with van der Waals surface area (Å²) >= 11 is 2.10. The van der Waals surface area contributed by atoms with Gasteiger partial charge in [0, 0.05) is 3.57 Å². The van der Waals surface area contributed by atoms with Gasteiger partial charge in [0.05, 0.1) is 5.69 Å². The molecule has 114 valence electrons. The first-order chi connectivity index (χ1) is 10.5. The summed E-state index contributed by atoms with van der Waals surface area (Å²) in [6.45, 7) is 1.38. The van der Waals surface area contributed by atoms with E-state index in [0.717, 1.165) is 9.13 Å². The van der Waals surface area contributed by atoms with E-state index in [-0.39, 0.29) is 11.3 Å². The molecule has 2 rings (SSSR count). The molecule has 0 saturated carbocycles. The first-order valence-corrected chi connectivity index (χ1v) is 7.56. The van der Waals surface area contributed by atoms with E-state index in [9.17, 15) is 14.7 Å². The van der Waals surface area contributed by atoms with Crippen LogP contribution in [-0.2, 0) is 9.53 Å². The fraction of sp³-hybridized carbons (Fsp3) is 0.125. The summed E-state index contributed by atoms with van der Waals surface area (Å²) in [5, 5.41) is 12.4. The predicted molar refractivity (Wildman–Crippen MR) is 90.9 cm³/mol. The summed E-state index contributed by atoms with van der Waals surface area (Å²) in [6, 6.07) is 11.9. The number of para-hydroxylation sites is 1. The molecule has 0 spiro atoms. The quantitative estimate of drug-likeness (QED) is 0.599. The third kappa shape index (κ3) is 4.20. The number of rotatable bonds is 4. The van der Waals surface area contributed by atoms with Gasteiger partial charge in [0.15, 0.2) is 6.61 Å². The maximum Gasteiger partial charge on any atom is 0.342 e. The number of aromatic hydroxyl groups is 1. The van der Waals surface area contributed by atoms with Crippen molar-refractivity contribution in [2.75, 3.05) is 11.9 Å². The summed E-state index contributed by atoms with van der Waals surface area (Å²) in [6.07, 6.45) is 0. The van der Waals surface area contributed by atoms with Gasteiger partial charge in [-0.15, -0.1) is 0 Å². The van der Waals surface area contributed by atoms with E-state index < -0.39 is 18.5 Å². The zero-order valence-corrected chi connectivity index (χ0v) is 14.0. The van der Waals surface area contributed by atoms with Gasteiger partial charge in [0.25, 0.3) is 5.91 Å². The number of phenolic OH excluding ortho intramolecular Hbond substituents is 1. The highest BCUT2D eigenvalue weighted by molar-refractivity contribution is 14.1. The van der Waals surface area contributed by atoms with Crippen LogP contribution in [0.2, 0.25) is 0 Å². The summed E-state index contributed by atoms with van der Waals surface area (Å²) in [7, 11) is 0. The minimum Gasteiger partial charge on any atom is -0.507 e. The Bertz CT molecular complexity index is 715. The van der Waals surface area contributed by atoms with Crippen LogP contribution in [-0.4, -0.2) is 23.6 Å². The van der Waals surface area contributed by atoms with E-state index in [2.05, 4.69) is 27.9 Å². The molecule has 0 heterocycles. The third-order valence-corrected chi connectivity index (χ3v) is 3.80. The number of ether oxygens (including phenoxy) is 1. The zero-order chi connectivity index (χ0) is 16.1. The van der Waals surface area contributed by atoms with Gasteiger partial charge in [0.2, 0.25) is 0 Å². The van der Waals surface area contributed by atoms with Gasteiger partial charge < -0.3 is 15.2 Å². The molecule has 0 bridgehead atoms. The minimum atomic E-state index is -0.740. The second-order valence-electron chi connectivity index (χ2n) is 4.62. The Morgan fingerprint density at radius 1 is 1.23 bits per heavy atom. The van der Waals surface area contributed by atoms with Gasteiger partial charge in [0.1, 0.15) is 11.3 Å². The van der Waals surface area contributed by atoms with Gasteiger partial charge in [-0.2, -0.15) is 0 Å². The second-order valence-corrected chi connectivity index (χ2v) is 5.79. The number of aryl methyl sites for hydroxylation is 1. The van der Waals surface area contributed by atoms with Crippen molar-refractivity contribution in [3.8, 4) is 5.75 Å². The summed E-state index contributed by atoms with van der Waals surface area (Å²) in [5.74, 6) is -1.34. The van der Waals surface area contributed by atoms with Crippen molar-refractivity contribution >= 4 is 40.2 Å². The lowest BCUT2D eigenvalue weighted by molar-refractivity contribution is -0.119. The highest BCUT2D eigenvalue weighted by Gasteiger charge is 2.14. The number of anilines is 1. The van der Waals surface area contributed by atoms with Crippen molar-refractivity contribution in [3.05, 3.63) is 57.2 Å². The standard InChI is InChI=1S/C16H14INO4/c1-10-6-7-11(14(19)8-10)16(21)22-9-15(20)18-13-5-3-2-4-12(13)17/h2-8,19H,9H2,1H3,(H,18,20). The smallest absolute Gasteiger partial charge is 0.342 e. The Morgan fingerprint density at radius 2 is 1.95 bits per heavy atom. The minimum absolute atomic E-state index is 0.0349. The van der Waals surface area contributed by atoms with Crippen LogP contribution in [0.4, 0.5) is 5.69 Å². The lowest BCUT2D eigenvalue weighted by Crippen LogP contribution is -2.21. The van der Waals surface area contributed by atoms with E-state index in [1.54, 1.807) is 25.1 Å². The van der Waals surface area contributed by atoms with Crippen molar-refractivity contribution < 1.29 is 19.4 Å². The van der Waals surface area contributed by atoms with Crippen LogP contribution in [0.3, 0.4) is 0 Å². The summed E-state index contributed by atoms with van der Waals surface area (Å²) in [5.41, 5.74) is 1.51. The lowest BCUT2D eigenvalue weighted by Gasteiger charge is -2.09. The number of benzene rings is 2. The fourth-order valence-electron chi connectivity index (χ4n) is 1.77. The second kappa shape index (κ2) is 7.26. The highest BCUT2D eigenvalue weighted by atomic mass is 127. The topological polar surface area (TPSA) is 75.6 Å². The van der Waals surface area contributed by atoms with Gasteiger partial charge in [-0.3, -0.25) is 4.79 Å². The average molecular weight is 411 g/mol. The zero-order valence-electron chi connectivity index (χ0n) is 11.8. The van der Waals surface area contributed by atoms with Crippen molar-refractivity contribution in [1.82, 2.24) is 0 Å². The summed E-state index contributed by atoms with van der Waals surface area (Å²) < 4.78 is 5.79. The van der Waals surface area contributed by atoms with E-state index in [0.29, 0.717) is 5.69 Å². The van der Waals surface area contributed by atoms with Crippen LogP contribution >= 0.6 is 22.6 Å². The molecule has 6 heteroatoms. The molecule has 1 amide bonds. The van der Waals surface area contributed by atoms with E-state index in [1.807, 2.05) is 12.1 Å². The molecule has 2 aromatic carbocycles. The molecule has 2 N–H and O–H groups in total. The predicted octanol–water partition coefficient (Wildman–Crippen LogP) is 3.10. The number of phenols is 1. The number of carbonyl (C=O) groups excluding carboxylic acids is 2. The Balaban J connectivity index is 1.93. The molecule has 0 aliphatic rings. The molecule has 5 nitrogen and oxygen atoms in total. The molecule has 0 radical (unpaired) electrons. The van der Waals surface area contributed by atoms with Crippen molar-refractivity contribution in [3.63, 3.8) is 0 Å². The summed E-state index contributed by atoms with van der Waals surface area (Å²) in [4.78, 5) is 23.6. The van der Waals surface area contributed by atoms with Crippen LogP contribution in [0.1, 0.15) is 15.9 Å². The van der Waals surface area contributed by atoms with Gasteiger partial charge in [-0.05, 0) is 59.3 Å². The lowest BCUT2D eigenvalue weighted by atomic mass is 10.1. The molecule has 0 aliphatic carbocycles. The fourth-order valence-corrected chi connectivity index (χ4v) is 2.29. The van der Waals surface area contributed by atoms with Crippen molar-refractivity contribution in [2.24, 2.45) is 0 Å². The molecular formula is C16H14INO4. The normalized spacial score (nSPS) is 10.1. The van der Waals surface area contributed by atoms with Crippen LogP contribution in [0.25, 0.3) is 0 Å². The number of nitrogens with one attached hydrogen (secondary N) is 1.